The highest BCUT2D eigenvalue weighted by Crippen LogP contribution is 2.27. The van der Waals surface area contributed by atoms with E-state index in [1.165, 1.54) is 6.07 Å². The number of fused-ring (bicyclic) bond motifs is 2. The second-order valence-corrected chi connectivity index (χ2v) is 6.31. The van der Waals surface area contributed by atoms with E-state index >= 15 is 0 Å². The van der Waals surface area contributed by atoms with E-state index in [-0.39, 0.29) is 29.1 Å². The lowest BCUT2D eigenvalue weighted by Gasteiger charge is -2.18. The zero-order valence-electron chi connectivity index (χ0n) is 13.6. The molecule has 1 fully saturated rings. The van der Waals surface area contributed by atoms with Crippen LogP contribution in [0.3, 0.4) is 0 Å². The zero-order valence-corrected chi connectivity index (χ0v) is 13.6. The van der Waals surface area contributed by atoms with Crippen molar-refractivity contribution in [3.8, 4) is 0 Å². The van der Waals surface area contributed by atoms with Gasteiger partial charge in [0.2, 0.25) is 0 Å². The summed E-state index contributed by atoms with van der Waals surface area (Å²) >= 11 is 0. The fourth-order valence-electron chi connectivity index (χ4n) is 3.35. The normalized spacial score (nSPS) is 18.6. The molecule has 25 heavy (non-hydrogen) atoms. The van der Waals surface area contributed by atoms with Crippen LogP contribution in [0, 0.1) is 0 Å². The molecule has 1 saturated heterocycles. The largest absolute Gasteiger partial charge is 0.376 e. The standard InChI is InChI=1S/C20H17NO4/c22-18-14-5-1-2-6-15(14)19(23)17-10-12(7-8-16(17)18)20(24)21-11-13-4-3-9-25-13/h1-2,5-8,10,13H,3-4,9,11H2,(H,21,24)/t13-/m1/s1. The molecule has 0 aromatic heterocycles. The zero-order chi connectivity index (χ0) is 17.4. The molecule has 5 heteroatoms. The molecule has 0 bridgehead atoms. The van der Waals surface area contributed by atoms with Crippen molar-refractivity contribution in [2.45, 2.75) is 18.9 Å². The van der Waals surface area contributed by atoms with Crippen molar-refractivity contribution in [2.24, 2.45) is 0 Å². The predicted octanol–water partition coefficient (Wildman–Crippen LogP) is 2.37. The Kier molecular flexibility index (Phi) is 3.93. The maximum atomic E-state index is 12.7. The Bertz CT molecular complexity index is 881. The highest BCUT2D eigenvalue weighted by atomic mass is 16.5. The molecular formula is C20H17NO4. The molecule has 2 aromatic carbocycles. The first kappa shape index (κ1) is 15.7. The van der Waals surface area contributed by atoms with E-state index < -0.39 is 0 Å². The molecule has 1 aliphatic heterocycles. The molecule has 5 nitrogen and oxygen atoms in total. The predicted molar refractivity (Wildman–Crippen MR) is 91.1 cm³/mol. The number of benzene rings is 2. The van der Waals surface area contributed by atoms with Crippen LogP contribution in [0.5, 0.6) is 0 Å². The average molecular weight is 335 g/mol. The minimum atomic E-state index is -0.266. The Hall–Kier alpha value is -2.79. The quantitative estimate of drug-likeness (QED) is 0.797. The summed E-state index contributed by atoms with van der Waals surface area (Å²) in [4.78, 5) is 37.6. The number of nitrogens with one attached hydrogen (secondary N) is 1. The summed E-state index contributed by atoms with van der Waals surface area (Å²) in [5.74, 6) is -0.673. The van der Waals surface area contributed by atoms with Gasteiger partial charge in [-0.2, -0.15) is 0 Å². The fourth-order valence-corrected chi connectivity index (χ4v) is 3.35. The van der Waals surface area contributed by atoms with Gasteiger partial charge in [0.1, 0.15) is 0 Å². The first-order chi connectivity index (χ1) is 12.1. The van der Waals surface area contributed by atoms with Gasteiger partial charge in [0, 0.05) is 41.0 Å². The molecule has 1 amide bonds. The van der Waals surface area contributed by atoms with Gasteiger partial charge in [0.25, 0.3) is 5.91 Å². The second-order valence-electron chi connectivity index (χ2n) is 6.31. The molecular weight excluding hydrogens is 318 g/mol. The van der Waals surface area contributed by atoms with Crippen molar-refractivity contribution < 1.29 is 19.1 Å². The van der Waals surface area contributed by atoms with E-state index in [1.54, 1.807) is 36.4 Å². The Morgan fingerprint density at radius 1 is 1.00 bits per heavy atom. The van der Waals surface area contributed by atoms with Crippen molar-refractivity contribution in [2.75, 3.05) is 13.2 Å². The van der Waals surface area contributed by atoms with Crippen LogP contribution in [0.4, 0.5) is 0 Å². The molecule has 2 aliphatic rings. The van der Waals surface area contributed by atoms with Crippen LogP contribution in [0.2, 0.25) is 0 Å². The Morgan fingerprint density at radius 3 is 2.36 bits per heavy atom. The van der Waals surface area contributed by atoms with Gasteiger partial charge in [0.15, 0.2) is 11.6 Å². The van der Waals surface area contributed by atoms with Crippen LogP contribution >= 0.6 is 0 Å². The Morgan fingerprint density at radius 2 is 1.68 bits per heavy atom. The number of hydrogen-bond acceptors (Lipinski definition) is 4. The van der Waals surface area contributed by atoms with Crippen LogP contribution in [0.15, 0.2) is 42.5 Å². The molecule has 1 atom stereocenters. The van der Waals surface area contributed by atoms with E-state index in [9.17, 15) is 14.4 Å². The van der Waals surface area contributed by atoms with Crippen molar-refractivity contribution in [1.82, 2.24) is 5.32 Å². The summed E-state index contributed by atoms with van der Waals surface area (Å²) in [6.07, 6.45) is 2.00. The molecule has 1 aliphatic carbocycles. The molecule has 0 spiro atoms. The number of amides is 1. The van der Waals surface area contributed by atoms with Crippen LogP contribution in [0.1, 0.15) is 55.0 Å². The molecule has 0 saturated carbocycles. The van der Waals surface area contributed by atoms with Crippen LogP contribution in [-0.2, 0) is 4.74 Å². The first-order valence-electron chi connectivity index (χ1n) is 8.37. The minimum Gasteiger partial charge on any atom is -0.376 e. The number of ketones is 2. The van der Waals surface area contributed by atoms with Gasteiger partial charge >= 0.3 is 0 Å². The molecule has 1 heterocycles. The second kappa shape index (κ2) is 6.26. The minimum absolute atomic E-state index is 0.0525. The maximum Gasteiger partial charge on any atom is 0.251 e. The van der Waals surface area contributed by atoms with Gasteiger partial charge in [-0.05, 0) is 31.0 Å². The smallest absolute Gasteiger partial charge is 0.251 e. The third-order valence-electron chi connectivity index (χ3n) is 4.70. The fraction of sp³-hybridized carbons (Fsp3) is 0.250. The Labute approximate surface area is 145 Å². The van der Waals surface area contributed by atoms with Crippen LogP contribution < -0.4 is 5.32 Å². The van der Waals surface area contributed by atoms with E-state index in [0.717, 1.165) is 19.4 Å². The van der Waals surface area contributed by atoms with E-state index in [1.807, 2.05) is 0 Å². The van der Waals surface area contributed by atoms with Crippen molar-refractivity contribution in [3.05, 3.63) is 70.3 Å². The summed E-state index contributed by atoms with van der Waals surface area (Å²) in [5, 5.41) is 2.83. The van der Waals surface area contributed by atoms with Crippen LogP contribution in [0.25, 0.3) is 0 Å². The molecule has 4 rings (SSSR count). The summed E-state index contributed by atoms with van der Waals surface area (Å²) in [6.45, 7) is 1.18. The van der Waals surface area contributed by atoms with Gasteiger partial charge in [-0.1, -0.05) is 24.3 Å². The highest BCUT2D eigenvalue weighted by molar-refractivity contribution is 6.28. The van der Waals surface area contributed by atoms with E-state index in [2.05, 4.69) is 5.32 Å². The number of rotatable bonds is 3. The molecule has 2 aromatic rings. The topological polar surface area (TPSA) is 72.5 Å². The van der Waals surface area contributed by atoms with Gasteiger partial charge in [-0.3, -0.25) is 14.4 Å². The van der Waals surface area contributed by atoms with Gasteiger partial charge in [-0.15, -0.1) is 0 Å². The van der Waals surface area contributed by atoms with Gasteiger partial charge in [-0.25, -0.2) is 0 Å². The van der Waals surface area contributed by atoms with Gasteiger partial charge < -0.3 is 10.1 Å². The summed E-state index contributed by atoms with van der Waals surface area (Å²) in [5.41, 5.74) is 1.80. The molecule has 126 valence electrons. The number of ether oxygens (including phenoxy) is 1. The first-order valence-corrected chi connectivity index (χ1v) is 8.37. The van der Waals surface area contributed by atoms with Crippen molar-refractivity contribution >= 4 is 17.5 Å². The maximum absolute atomic E-state index is 12.7. The number of carbonyl (C=O) groups excluding carboxylic acids is 3. The summed E-state index contributed by atoms with van der Waals surface area (Å²) in [7, 11) is 0. The van der Waals surface area contributed by atoms with E-state index in [0.29, 0.717) is 28.8 Å². The number of carbonyl (C=O) groups is 3. The third-order valence-corrected chi connectivity index (χ3v) is 4.70. The lowest BCUT2D eigenvalue weighted by molar-refractivity contribution is 0.0857. The monoisotopic (exact) mass is 335 g/mol. The Balaban J connectivity index is 1.60. The van der Waals surface area contributed by atoms with Crippen molar-refractivity contribution in [1.29, 1.82) is 0 Å². The molecule has 1 N–H and O–H groups in total. The van der Waals surface area contributed by atoms with E-state index in [4.69, 9.17) is 4.74 Å². The number of hydrogen-bond donors (Lipinski definition) is 1. The summed E-state index contributed by atoms with van der Waals surface area (Å²) < 4.78 is 5.49. The molecule has 0 radical (unpaired) electrons. The van der Waals surface area contributed by atoms with Crippen molar-refractivity contribution in [3.63, 3.8) is 0 Å². The summed E-state index contributed by atoms with van der Waals surface area (Å²) in [6, 6.07) is 11.4. The van der Waals surface area contributed by atoms with Gasteiger partial charge in [0.05, 0.1) is 6.10 Å². The average Bonchev–Trinajstić information content (AvgIpc) is 3.17. The lowest BCUT2D eigenvalue weighted by Crippen LogP contribution is -2.32. The SMILES string of the molecule is O=C(NC[C@H]1CCCO1)c1ccc2c(c1)C(=O)c1ccccc1C2=O. The highest BCUT2D eigenvalue weighted by Gasteiger charge is 2.30. The van der Waals surface area contributed by atoms with Crippen LogP contribution in [-0.4, -0.2) is 36.7 Å². The molecule has 0 unspecified atom stereocenters. The third kappa shape index (κ3) is 2.76. The lowest BCUT2D eigenvalue weighted by atomic mass is 9.83.